The number of benzene rings is 2. The SMILES string of the molecule is CC(C)c1ccc(C(=O)N[C@H](Cc2ccccc2)C(=O)O)cc1[N+](=O)[O-]. The van der Waals surface area contributed by atoms with Gasteiger partial charge in [0.05, 0.1) is 4.92 Å². The van der Waals surface area contributed by atoms with E-state index in [0.717, 1.165) is 5.56 Å². The normalized spacial score (nSPS) is 11.8. The van der Waals surface area contributed by atoms with Gasteiger partial charge in [-0.3, -0.25) is 14.9 Å². The smallest absolute Gasteiger partial charge is 0.326 e. The van der Waals surface area contributed by atoms with Gasteiger partial charge in [0.15, 0.2) is 0 Å². The van der Waals surface area contributed by atoms with E-state index in [0.29, 0.717) is 5.56 Å². The molecule has 0 radical (unpaired) electrons. The van der Waals surface area contributed by atoms with Gasteiger partial charge in [0.2, 0.25) is 0 Å². The van der Waals surface area contributed by atoms with Crippen LogP contribution in [0.4, 0.5) is 5.69 Å². The number of aliphatic carboxylic acids is 1. The first-order valence-corrected chi connectivity index (χ1v) is 8.15. The van der Waals surface area contributed by atoms with Gasteiger partial charge in [0.1, 0.15) is 6.04 Å². The van der Waals surface area contributed by atoms with E-state index in [9.17, 15) is 24.8 Å². The molecule has 2 aromatic rings. The van der Waals surface area contributed by atoms with Crippen molar-refractivity contribution in [1.29, 1.82) is 0 Å². The summed E-state index contributed by atoms with van der Waals surface area (Å²) in [5, 5.41) is 23.1. The molecule has 7 heteroatoms. The van der Waals surface area contributed by atoms with Crippen LogP contribution in [0.5, 0.6) is 0 Å². The molecule has 0 aliphatic heterocycles. The highest BCUT2D eigenvalue weighted by molar-refractivity contribution is 5.97. The Labute approximate surface area is 150 Å². The number of nitro benzene ring substituents is 1. The lowest BCUT2D eigenvalue weighted by Gasteiger charge is -2.15. The standard InChI is InChI=1S/C19H20N2O5/c1-12(2)15-9-8-14(11-17(15)21(25)26)18(22)20-16(19(23)24)10-13-6-4-3-5-7-13/h3-9,11-12,16H,10H2,1-2H3,(H,20,22)(H,23,24)/t16-/m1/s1. The van der Waals surface area contributed by atoms with Gasteiger partial charge in [-0.1, -0.05) is 50.2 Å². The van der Waals surface area contributed by atoms with E-state index >= 15 is 0 Å². The number of carbonyl (C=O) groups is 2. The van der Waals surface area contributed by atoms with E-state index in [-0.39, 0.29) is 23.6 Å². The average molecular weight is 356 g/mol. The lowest BCUT2D eigenvalue weighted by molar-refractivity contribution is -0.385. The number of rotatable bonds is 7. The molecular formula is C19H20N2O5. The van der Waals surface area contributed by atoms with Gasteiger partial charge in [-0.2, -0.15) is 0 Å². The minimum absolute atomic E-state index is 0.0559. The number of hydrogen-bond acceptors (Lipinski definition) is 4. The molecule has 0 saturated heterocycles. The predicted molar refractivity (Wildman–Crippen MR) is 96.2 cm³/mol. The van der Waals surface area contributed by atoms with Crippen molar-refractivity contribution in [2.75, 3.05) is 0 Å². The van der Waals surface area contributed by atoms with Gasteiger partial charge >= 0.3 is 5.97 Å². The van der Waals surface area contributed by atoms with Crippen molar-refractivity contribution in [2.45, 2.75) is 32.2 Å². The van der Waals surface area contributed by atoms with Gasteiger partial charge in [0.25, 0.3) is 11.6 Å². The van der Waals surface area contributed by atoms with Crippen LogP contribution >= 0.6 is 0 Å². The van der Waals surface area contributed by atoms with Crippen LogP contribution in [-0.4, -0.2) is 27.9 Å². The summed E-state index contributed by atoms with van der Waals surface area (Å²) < 4.78 is 0. The predicted octanol–water partition coefficient (Wildman–Crippen LogP) is 3.14. The van der Waals surface area contributed by atoms with Gasteiger partial charge in [-0.25, -0.2) is 4.79 Å². The van der Waals surface area contributed by atoms with E-state index in [2.05, 4.69) is 5.32 Å². The van der Waals surface area contributed by atoms with E-state index < -0.39 is 22.8 Å². The Hall–Kier alpha value is -3.22. The maximum Gasteiger partial charge on any atom is 0.326 e. The van der Waals surface area contributed by atoms with Gasteiger partial charge < -0.3 is 10.4 Å². The van der Waals surface area contributed by atoms with Crippen LogP contribution in [0.1, 0.15) is 41.3 Å². The largest absolute Gasteiger partial charge is 0.480 e. The number of carboxylic acid groups (broad SMARTS) is 1. The summed E-state index contributed by atoms with van der Waals surface area (Å²) in [5.74, 6) is -1.90. The Morgan fingerprint density at radius 3 is 2.35 bits per heavy atom. The third-order valence-electron chi connectivity index (χ3n) is 4.00. The van der Waals surface area contributed by atoms with Crippen molar-refractivity contribution >= 4 is 17.6 Å². The van der Waals surface area contributed by atoms with Crippen LogP contribution in [0.25, 0.3) is 0 Å². The second-order valence-corrected chi connectivity index (χ2v) is 6.24. The summed E-state index contributed by atoms with van der Waals surface area (Å²) in [4.78, 5) is 34.6. The van der Waals surface area contributed by atoms with Crippen molar-refractivity contribution in [3.63, 3.8) is 0 Å². The summed E-state index contributed by atoms with van der Waals surface area (Å²) in [7, 11) is 0. The van der Waals surface area contributed by atoms with Crippen LogP contribution in [0.15, 0.2) is 48.5 Å². The highest BCUT2D eigenvalue weighted by atomic mass is 16.6. The first kappa shape index (κ1) is 19.1. The number of nitrogens with one attached hydrogen (secondary N) is 1. The number of carboxylic acids is 1. The zero-order chi connectivity index (χ0) is 19.3. The highest BCUT2D eigenvalue weighted by Crippen LogP contribution is 2.27. The quantitative estimate of drug-likeness (QED) is 0.585. The summed E-state index contributed by atoms with van der Waals surface area (Å²) in [6.07, 6.45) is 0.119. The molecule has 7 nitrogen and oxygen atoms in total. The summed E-state index contributed by atoms with van der Waals surface area (Å²) in [6, 6.07) is 12.0. The maximum atomic E-state index is 12.4. The molecule has 0 aliphatic carbocycles. The molecule has 2 rings (SSSR count). The molecule has 0 heterocycles. The van der Waals surface area contributed by atoms with Gasteiger partial charge in [0, 0.05) is 23.6 Å². The Bertz CT molecular complexity index is 818. The maximum absolute atomic E-state index is 12.4. The summed E-state index contributed by atoms with van der Waals surface area (Å²) in [5.41, 5.74) is 1.19. The van der Waals surface area contributed by atoms with Crippen molar-refractivity contribution < 1.29 is 19.6 Å². The van der Waals surface area contributed by atoms with Crippen LogP contribution in [-0.2, 0) is 11.2 Å². The molecule has 0 unspecified atom stereocenters. The Morgan fingerprint density at radius 1 is 1.15 bits per heavy atom. The lowest BCUT2D eigenvalue weighted by Crippen LogP contribution is -2.42. The lowest BCUT2D eigenvalue weighted by atomic mass is 9.99. The molecule has 0 bridgehead atoms. The van der Waals surface area contributed by atoms with Crippen molar-refractivity contribution in [1.82, 2.24) is 5.32 Å². The molecule has 0 aromatic heterocycles. The topological polar surface area (TPSA) is 110 Å². The van der Waals surface area contributed by atoms with Gasteiger partial charge in [-0.05, 0) is 17.5 Å². The third-order valence-corrected chi connectivity index (χ3v) is 4.00. The molecule has 26 heavy (non-hydrogen) atoms. The minimum atomic E-state index is -1.17. The van der Waals surface area contributed by atoms with E-state index in [1.807, 2.05) is 19.9 Å². The molecule has 1 atom stereocenters. The van der Waals surface area contributed by atoms with Crippen molar-refractivity contribution in [2.24, 2.45) is 0 Å². The van der Waals surface area contributed by atoms with E-state index in [4.69, 9.17) is 0 Å². The number of nitro groups is 1. The summed E-state index contributed by atoms with van der Waals surface area (Å²) >= 11 is 0. The number of hydrogen-bond donors (Lipinski definition) is 2. The Morgan fingerprint density at radius 2 is 1.81 bits per heavy atom. The minimum Gasteiger partial charge on any atom is -0.480 e. The van der Waals surface area contributed by atoms with E-state index in [1.54, 1.807) is 24.3 Å². The first-order valence-electron chi connectivity index (χ1n) is 8.15. The first-order chi connectivity index (χ1) is 12.3. The molecule has 0 spiro atoms. The second-order valence-electron chi connectivity index (χ2n) is 6.24. The fourth-order valence-electron chi connectivity index (χ4n) is 2.62. The van der Waals surface area contributed by atoms with Crippen LogP contribution in [0, 0.1) is 10.1 Å². The number of carbonyl (C=O) groups excluding carboxylic acids is 1. The van der Waals surface area contributed by atoms with Crippen molar-refractivity contribution in [3.8, 4) is 0 Å². The molecule has 136 valence electrons. The molecular weight excluding hydrogens is 336 g/mol. The zero-order valence-electron chi connectivity index (χ0n) is 14.5. The third kappa shape index (κ3) is 4.66. The van der Waals surface area contributed by atoms with Crippen LogP contribution < -0.4 is 5.32 Å². The number of amides is 1. The monoisotopic (exact) mass is 356 g/mol. The average Bonchev–Trinajstić information content (AvgIpc) is 2.61. The fraction of sp³-hybridized carbons (Fsp3) is 0.263. The molecule has 0 aliphatic rings. The molecule has 1 amide bonds. The molecule has 2 aromatic carbocycles. The molecule has 0 saturated carbocycles. The molecule has 2 N–H and O–H groups in total. The highest BCUT2D eigenvalue weighted by Gasteiger charge is 2.24. The van der Waals surface area contributed by atoms with E-state index in [1.165, 1.54) is 18.2 Å². The zero-order valence-corrected chi connectivity index (χ0v) is 14.5. The molecule has 0 fully saturated rings. The van der Waals surface area contributed by atoms with Crippen LogP contribution in [0.2, 0.25) is 0 Å². The summed E-state index contributed by atoms with van der Waals surface area (Å²) in [6.45, 7) is 3.64. The fourth-order valence-corrected chi connectivity index (χ4v) is 2.62. The van der Waals surface area contributed by atoms with Gasteiger partial charge in [-0.15, -0.1) is 0 Å². The number of nitrogens with zero attached hydrogens (tertiary/aromatic N) is 1. The second kappa shape index (κ2) is 8.24. The Kier molecular flexibility index (Phi) is 6.06. The van der Waals surface area contributed by atoms with Crippen LogP contribution in [0.3, 0.4) is 0 Å². The van der Waals surface area contributed by atoms with Crippen molar-refractivity contribution in [3.05, 3.63) is 75.3 Å². The Balaban J connectivity index is 2.22.